The molecule has 5 aliphatic rings. The van der Waals surface area contributed by atoms with Gasteiger partial charge in [-0.25, -0.2) is 0 Å². The van der Waals surface area contributed by atoms with E-state index in [0.29, 0.717) is 39.8 Å². The van der Waals surface area contributed by atoms with Crippen LogP contribution in [0.2, 0.25) is 0 Å². The van der Waals surface area contributed by atoms with Crippen molar-refractivity contribution < 1.29 is 66.3 Å². The van der Waals surface area contributed by atoms with Gasteiger partial charge in [-0.15, -0.1) is 70.7 Å². The maximum Gasteiger partial charge on any atom is 0.170 e. The van der Waals surface area contributed by atoms with Crippen molar-refractivity contribution in [2.24, 2.45) is 0 Å². The quantitative estimate of drug-likeness (QED) is 0.0449. The lowest BCUT2D eigenvalue weighted by Crippen LogP contribution is -2.43. The highest BCUT2D eigenvalue weighted by atomic mass is 16.5. The molecule has 5 aliphatic heterocycles. The van der Waals surface area contributed by atoms with E-state index in [0.717, 1.165) is 173 Å². The van der Waals surface area contributed by atoms with Crippen LogP contribution in [0.15, 0.2) is 237 Å². The normalized spacial score (nSPS) is 13.9. The van der Waals surface area contributed by atoms with Crippen molar-refractivity contribution in [1.82, 2.24) is 0 Å². The zero-order valence-corrected chi connectivity index (χ0v) is 73.7. The van der Waals surface area contributed by atoms with E-state index in [1.807, 2.05) is 237 Å². The molecule has 0 bridgehead atoms. The lowest BCUT2D eigenvalue weighted by atomic mass is 10.0. The van der Waals surface area contributed by atoms with Gasteiger partial charge in [0.15, 0.2) is 32.6 Å². The molecular weight excluding hydrogens is 1650 g/mol. The van der Waals surface area contributed by atoms with Gasteiger partial charge in [0.2, 0.25) is 0 Å². The second kappa shape index (κ2) is 48.3. The van der Waals surface area contributed by atoms with Crippen molar-refractivity contribution in [2.75, 3.05) is 122 Å². The SMILES string of the molecule is C#CCOc1ccc(-c2ccc3c(c2)CN(c2ccc(OCC#C)cc2)CO3)cc1.C#CCOc1ccc(N2C(C)Oc3ccc(OCC#C)cc3C2C)cc1.C#CCOc1ccc(N2COc3ccc(N(CC#C)CC#C)cc3C2)cc1.C#CCOc1ccc(N2COc3ccc(OCC#C)cc3C2)cc1.C#CCOc1ccc(N2Cc3cc(OCC#C)ccc3OC2C)cc1. The van der Waals surface area contributed by atoms with E-state index in [2.05, 4.69) is 115 Å². The summed E-state index contributed by atoms with van der Waals surface area (Å²) in [6.45, 7) is 13.8. The van der Waals surface area contributed by atoms with Gasteiger partial charge in [0.25, 0.3) is 0 Å². The molecule has 0 amide bonds. The average molecular weight is 1750 g/mol. The fourth-order valence-electron chi connectivity index (χ4n) is 14.6. The predicted octanol–water partition coefficient (Wildman–Crippen LogP) is 18.4. The van der Waals surface area contributed by atoms with Gasteiger partial charge in [-0.3, -0.25) is 0 Å². The van der Waals surface area contributed by atoms with Crippen molar-refractivity contribution >= 4 is 34.1 Å². The molecule has 11 aromatic rings. The summed E-state index contributed by atoms with van der Waals surface area (Å²) >= 11 is 0. The Kier molecular flexibility index (Phi) is 34.3. The van der Waals surface area contributed by atoms with Gasteiger partial charge in [0.05, 0.1) is 25.7 Å². The van der Waals surface area contributed by atoms with Crippen LogP contribution in [0.3, 0.4) is 0 Å². The van der Waals surface area contributed by atoms with Crippen molar-refractivity contribution in [3.8, 4) is 227 Å². The van der Waals surface area contributed by atoms with E-state index in [1.165, 1.54) is 0 Å². The van der Waals surface area contributed by atoms with E-state index < -0.39 is 0 Å². The Hall–Kier alpha value is -17.4. The fourth-order valence-corrected chi connectivity index (χ4v) is 14.6. The Balaban J connectivity index is 0.000000149. The zero-order valence-electron chi connectivity index (χ0n) is 73.7. The van der Waals surface area contributed by atoms with Crippen LogP contribution in [0, 0.1) is 136 Å². The maximum absolute atomic E-state index is 6.10. The number of benzene rings is 11. The Morgan fingerprint density at radius 3 is 0.970 bits per heavy atom. The molecule has 20 heteroatoms. The van der Waals surface area contributed by atoms with Crippen LogP contribution in [0.4, 0.5) is 34.1 Å². The first-order valence-electron chi connectivity index (χ1n) is 42.1. The van der Waals surface area contributed by atoms with Gasteiger partial charge in [-0.1, -0.05) is 83.3 Å². The molecule has 3 unspecified atom stereocenters. The smallest absolute Gasteiger partial charge is 0.170 e. The van der Waals surface area contributed by atoms with Crippen molar-refractivity contribution in [1.29, 1.82) is 0 Å². The molecule has 660 valence electrons. The first-order valence-corrected chi connectivity index (χ1v) is 42.1. The largest absolute Gasteiger partial charge is 0.481 e. The fraction of sp³-hybridized carbons (Fsp3) is 0.214. The predicted molar refractivity (Wildman–Crippen MR) is 521 cm³/mol. The Bertz CT molecular complexity index is 6190. The topological polar surface area (TPSA) is 149 Å². The molecule has 0 aliphatic carbocycles. The van der Waals surface area contributed by atoms with Gasteiger partial charge in [0.1, 0.15) is 140 Å². The van der Waals surface area contributed by atoms with Gasteiger partial charge in [-0.05, 0) is 250 Å². The molecule has 11 aromatic carbocycles. The van der Waals surface area contributed by atoms with E-state index in [9.17, 15) is 0 Å². The molecule has 20 nitrogen and oxygen atoms in total. The standard InChI is InChI=1S/C26H21NO3.C23H20N2O2.C22H21NO3.C21H19NO3.C20H17NO3/c1-3-15-28-24-10-5-20(6-11-24)21-7-14-26-22(17-21)18-27(19-30-26)23-8-12-25(13-9-23)29-16-4-2;1-4-13-24(14-5-2)21-9-12-23-19(16-21)17-25(18-27-23)20-7-10-22(11-8-20)26-15-6-3;1-5-13-24-19-9-7-18(8-10-19)23-16(3)21-15-20(25-14-6-2)11-12-22(21)26-17(23)4;1-4-12-23-19-8-6-18(7-9-19)22-15-17-14-20(24-13-5-2)10-11-21(17)25-16(22)3;1-3-11-22-18-7-5-17(6-8-18)21-14-16-13-19(23-12-4-2)9-10-20(16)24-15-21/h1-2,5-14,17H,15-16,18-19H2;1-3,7-12,16H,13-15,17-18H2;1-2,7-12,15-17H,13-14H2,3-4H3;1-2,6-11,14,16H,12-13,15H2,3H3;1-2,5-10,13H,11-12,14-15H2. The third-order valence-electron chi connectivity index (χ3n) is 20.9. The minimum Gasteiger partial charge on any atom is -0.481 e. The summed E-state index contributed by atoms with van der Waals surface area (Å²) in [5, 5.41) is 0. The third-order valence-corrected chi connectivity index (χ3v) is 20.9. The number of terminal acetylenes is 11. The first-order chi connectivity index (χ1) is 64.6. The molecule has 0 radical (unpaired) electrons. The number of anilines is 6. The summed E-state index contributed by atoms with van der Waals surface area (Å²) in [6, 6.07) is 76.7. The van der Waals surface area contributed by atoms with Gasteiger partial charge >= 0.3 is 0 Å². The summed E-state index contributed by atoms with van der Waals surface area (Å²) in [7, 11) is 0. The van der Waals surface area contributed by atoms with Crippen molar-refractivity contribution in [3.63, 3.8) is 0 Å². The van der Waals surface area contributed by atoms with Crippen LogP contribution in [-0.4, -0.2) is 105 Å². The molecule has 132 heavy (non-hydrogen) atoms. The van der Waals surface area contributed by atoms with Crippen molar-refractivity contribution in [2.45, 2.75) is 65.4 Å². The molecule has 0 aromatic heterocycles. The molecule has 0 fully saturated rings. The molecule has 5 heterocycles. The minimum atomic E-state index is -0.104. The van der Waals surface area contributed by atoms with Gasteiger partial charge < -0.3 is 95.7 Å². The summed E-state index contributed by atoms with van der Waals surface area (Å²) in [6.07, 6.45) is 57.8. The monoisotopic (exact) mass is 1750 g/mol. The van der Waals surface area contributed by atoms with Crippen molar-refractivity contribution in [3.05, 3.63) is 264 Å². The molecule has 0 spiro atoms. The van der Waals surface area contributed by atoms with E-state index in [-0.39, 0.29) is 78.0 Å². The Morgan fingerprint density at radius 2 is 0.576 bits per heavy atom. The van der Waals surface area contributed by atoms with Gasteiger partial charge in [-0.2, -0.15) is 0 Å². The number of fused-ring (bicyclic) bond motifs is 5. The lowest BCUT2D eigenvalue weighted by molar-refractivity contribution is 0.181. The molecule has 0 N–H and O–H groups in total. The minimum absolute atomic E-state index is 0.0811. The number of ether oxygens (including phenoxy) is 14. The highest BCUT2D eigenvalue weighted by Crippen LogP contribution is 2.43. The Labute approximate surface area is 775 Å². The molecule has 0 saturated heterocycles. The number of hydrogen-bond acceptors (Lipinski definition) is 20. The first kappa shape index (κ1) is 93.7. The van der Waals surface area contributed by atoms with Crippen LogP contribution in [0.5, 0.6) is 80.5 Å². The number of rotatable bonds is 27. The van der Waals surface area contributed by atoms with Crippen LogP contribution in [0.1, 0.15) is 54.6 Å². The van der Waals surface area contributed by atoms with Crippen LogP contribution in [0.25, 0.3) is 11.1 Å². The van der Waals surface area contributed by atoms with E-state index in [1.54, 1.807) is 0 Å². The summed E-state index contributed by atoms with van der Waals surface area (Å²) in [4.78, 5) is 12.8. The molecular formula is C112H98N6O14. The highest BCUT2D eigenvalue weighted by Gasteiger charge is 2.32. The second-order valence-electron chi connectivity index (χ2n) is 29.6. The van der Waals surface area contributed by atoms with E-state index in [4.69, 9.17) is 137 Å². The number of hydrogen-bond donors (Lipinski definition) is 0. The Morgan fingerprint density at radius 1 is 0.280 bits per heavy atom. The van der Waals surface area contributed by atoms with Crippen LogP contribution < -0.4 is 95.7 Å². The lowest BCUT2D eigenvalue weighted by Gasteiger charge is -2.41. The summed E-state index contributed by atoms with van der Waals surface area (Å²) in [5.74, 6) is 38.6. The van der Waals surface area contributed by atoms with E-state index >= 15 is 0 Å². The molecule has 16 rings (SSSR count). The third kappa shape index (κ3) is 25.9. The summed E-state index contributed by atoms with van der Waals surface area (Å²) < 4.78 is 78.9. The van der Waals surface area contributed by atoms with Crippen LogP contribution >= 0.6 is 0 Å². The summed E-state index contributed by atoms with van der Waals surface area (Å²) in [5.41, 5.74) is 13.9. The zero-order chi connectivity index (χ0) is 92.8. The molecule has 0 saturated carbocycles. The van der Waals surface area contributed by atoms with Gasteiger partial charge in [0, 0.05) is 81.6 Å². The van der Waals surface area contributed by atoms with Crippen LogP contribution in [-0.2, 0) is 26.2 Å². The maximum atomic E-state index is 6.10. The number of nitrogens with zero attached hydrogens (tertiary/aromatic N) is 6. The average Bonchev–Trinajstić information content (AvgIpc) is 0.768. The highest BCUT2D eigenvalue weighted by molar-refractivity contribution is 5.68. The second-order valence-corrected chi connectivity index (χ2v) is 29.6. The molecule has 3 atom stereocenters.